The van der Waals surface area contributed by atoms with Gasteiger partial charge in [0, 0.05) is 14.0 Å². The summed E-state index contributed by atoms with van der Waals surface area (Å²) in [6, 6.07) is 0. The van der Waals surface area contributed by atoms with Gasteiger partial charge in [0.25, 0.3) is 0 Å². The lowest BCUT2D eigenvalue weighted by molar-refractivity contribution is -0.116. The van der Waals surface area contributed by atoms with E-state index in [0.717, 1.165) is 0 Å². The molecule has 54 valence electrons. The Hall–Kier alpha value is -0.970. The fourth-order valence-electron chi connectivity index (χ4n) is 0.448. The van der Waals surface area contributed by atoms with Crippen molar-refractivity contribution in [3.8, 4) is 0 Å². The predicted molar refractivity (Wildman–Crippen MR) is 39.0 cm³/mol. The van der Waals surface area contributed by atoms with Gasteiger partial charge in [0.2, 0.25) is 11.0 Å². The van der Waals surface area contributed by atoms with Crippen LogP contribution < -0.4 is 4.90 Å². The van der Waals surface area contributed by atoms with Crippen molar-refractivity contribution in [1.29, 1.82) is 0 Å². The highest BCUT2D eigenvalue weighted by Gasteiger charge is 2.06. The van der Waals surface area contributed by atoms with Gasteiger partial charge in [-0.1, -0.05) is 11.3 Å². The van der Waals surface area contributed by atoms with Crippen LogP contribution in [0.2, 0.25) is 0 Å². The van der Waals surface area contributed by atoms with Crippen molar-refractivity contribution in [2.24, 2.45) is 0 Å². The number of carbonyl (C=O) groups is 1. The topological polar surface area (TPSA) is 46.1 Å². The number of aromatic nitrogens is 2. The second kappa shape index (κ2) is 2.74. The molecule has 0 atom stereocenters. The Kier molecular flexibility index (Phi) is 1.96. The third-order valence-corrected chi connectivity index (χ3v) is 1.87. The Bertz CT molecular complexity index is 221. The van der Waals surface area contributed by atoms with E-state index in [2.05, 4.69) is 10.2 Å². The minimum Gasteiger partial charge on any atom is -0.290 e. The van der Waals surface area contributed by atoms with Crippen molar-refractivity contribution in [2.45, 2.75) is 6.92 Å². The first-order valence-electron chi connectivity index (χ1n) is 2.72. The molecule has 0 fully saturated rings. The molecular formula is C5H7N3OS. The van der Waals surface area contributed by atoms with Crippen LogP contribution in [0.25, 0.3) is 0 Å². The molecule has 0 aliphatic rings. The maximum atomic E-state index is 10.7. The van der Waals surface area contributed by atoms with Crippen LogP contribution in [0.1, 0.15) is 6.92 Å². The van der Waals surface area contributed by atoms with Crippen molar-refractivity contribution >= 4 is 22.4 Å². The van der Waals surface area contributed by atoms with Gasteiger partial charge < -0.3 is 0 Å². The van der Waals surface area contributed by atoms with Crippen LogP contribution in [0.15, 0.2) is 5.51 Å². The van der Waals surface area contributed by atoms with E-state index in [1.165, 1.54) is 23.2 Å². The Balaban J connectivity index is 2.77. The summed E-state index contributed by atoms with van der Waals surface area (Å²) < 4.78 is 0. The Morgan fingerprint density at radius 2 is 2.50 bits per heavy atom. The van der Waals surface area contributed by atoms with E-state index in [1.807, 2.05) is 0 Å². The summed E-state index contributed by atoms with van der Waals surface area (Å²) in [7, 11) is 1.67. The quantitative estimate of drug-likeness (QED) is 0.597. The number of anilines is 1. The monoisotopic (exact) mass is 157 g/mol. The molecule has 0 aromatic carbocycles. The maximum Gasteiger partial charge on any atom is 0.225 e. The van der Waals surface area contributed by atoms with Crippen LogP contribution in [-0.2, 0) is 4.79 Å². The second-order valence-electron chi connectivity index (χ2n) is 1.80. The highest BCUT2D eigenvalue weighted by atomic mass is 32.1. The minimum absolute atomic E-state index is 0.0308. The molecule has 0 spiro atoms. The second-order valence-corrected chi connectivity index (χ2v) is 2.61. The zero-order chi connectivity index (χ0) is 7.56. The number of rotatable bonds is 1. The Labute approximate surface area is 62.5 Å². The third kappa shape index (κ3) is 1.30. The lowest BCUT2D eigenvalue weighted by atomic mass is 10.6. The van der Waals surface area contributed by atoms with Crippen LogP contribution in [0, 0.1) is 0 Å². The van der Waals surface area contributed by atoms with E-state index < -0.39 is 0 Å². The Morgan fingerprint density at radius 1 is 1.80 bits per heavy atom. The molecule has 1 heterocycles. The molecule has 0 N–H and O–H groups in total. The van der Waals surface area contributed by atoms with Gasteiger partial charge in [-0.15, -0.1) is 10.2 Å². The van der Waals surface area contributed by atoms with Gasteiger partial charge in [-0.2, -0.15) is 0 Å². The molecule has 0 saturated carbocycles. The van der Waals surface area contributed by atoms with Crippen molar-refractivity contribution in [1.82, 2.24) is 10.2 Å². The molecule has 1 aromatic rings. The van der Waals surface area contributed by atoms with E-state index >= 15 is 0 Å². The van der Waals surface area contributed by atoms with Crippen LogP contribution in [-0.4, -0.2) is 23.2 Å². The lowest BCUT2D eigenvalue weighted by Crippen LogP contribution is -2.22. The van der Waals surface area contributed by atoms with Crippen LogP contribution >= 0.6 is 11.3 Å². The first-order chi connectivity index (χ1) is 4.72. The average Bonchev–Trinajstić information content (AvgIpc) is 2.36. The van der Waals surface area contributed by atoms with E-state index in [4.69, 9.17) is 0 Å². The number of carbonyl (C=O) groups excluding carboxylic acids is 1. The highest BCUT2D eigenvalue weighted by Crippen LogP contribution is 2.12. The van der Waals surface area contributed by atoms with E-state index in [0.29, 0.717) is 5.13 Å². The van der Waals surface area contributed by atoms with Gasteiger partial charge in [-0.3, -0.25) is 9.69 Å². The van der Waals surface area contributed by atoms with E-state index in [1.54, 1.807) is 12.6 Å². The third-order valence-electron chi connectivity index (χ3n) is 1.11. The zero-order valence-corrected chi connectivity index (χ0v) is 6.55. The fourth-order valence-corrected chi connectivity index (χ4v) is 1.02. The number of nitrogens with zero attached hydrogens (tertiary/aromatic N) is 3. The largest absolute Gasteiger partial charge is 0.290 e. The SMILES string of the molecule is CC(=O)N(C)c1nncs1. The molecule has 0 radical (unpaired) electrons. The Morgan fingerprint density at radius 3 is 2.90 bits per heavy atom. The van der Waals surface area contributed by atoms with Crippen LogP contribution in [0.3, 0.4) is 0 Å². The van der Waals surface area contributed by atoms with Gasteiger partial charge in [0.1, 0.15) is 5.51 Å². The number of amides is 1. The number of hydrogen-bond donors (Lipinski definition) is 0. The summed E-state index contributed by atoms with van der Waals surface area (Å²) in [5.74, 6) is -0.0308. The van der Waals surface area contributed by atoms with Gasteiger partial charge in [-0.25, -0.2) is 0 Å². The summed E-state index contributed by atoms with van der Waals surface area (Å²) in [5, 5.41) is 7.94. The molecule has 0 aliphatic carbocycles. The maximum absolute atomic E-state index is 10.7. The van der Waals surface area contributed by atoms with Crippen molar-refractivity contribution in [3.05, 3.63) is 5.51 Å². The number of hydrogen-bond acceptors (Lipinski definition) is 4. The van der Waals surface area contributed by atoms with Crippen molar-refractivity contribution in [2.75, 3.05) is 11.9 Å². The standard InChI is InChI=1S/C5H7N3OS/c1-4(9)8(2)5-7-6-3-10-5/h3H,1-2H3. The molecule has 1 rings (SSSR count). The normalized spacial score (nSPS) is 9.40. The zero-order valence-electron chi connectivity index (χ0n) is 5.74. The molecule has 1 aromatic heterocycles. The molecule has 0 bridgehead atoms. The van der Waals surface area contributed by atoms with Crippen LogP contribution in [0.4, 0.5) is 5.13 Å². The van der Waals surface area contributed by atoms with Gasteiger partial charge >= 0.3 is 0 Å². The first kappa shape index (κ1) is 7.14. The summed E-state index contributed by atoms with van der Waals surface area (Å²) in [4.78, 5) is 12.2. The molecule has 4 nitrogen and oxygen atoms in total. The molecular weight excluding hydrogens is 150 g/mol. The highest BCUT2D eigenvalue weighted by molar-refractivity contribution is 7.13. The molecule has 5 heteroatoms. The molecule has 1 amide bonds. The van der Waals surface area contributed by atoms with Crippen molar-refractivity contribution < 1.29 is 4.79 Å². The minimum atomic E-state index is -0.0308. The van der Waals surface area contributed by atoms with E-state index in [-0.39, 0.29) is 5.91 Å². The van der Waals surface area contributed by atoms with Gasteiger partial charge in [-0.05, 0) is 0 Å². The molecule has 0 aliphatic heterocycles. The molecule has 0 saturated heterocycles. The summed E-state index contributed by atoms with van der Waals surface area (Å²) in [5.41, 5.74) is 1.59. The summed E-state index contributed by atoms with van der Waals surface area (Å²) in [6.07, 6.45) is 0. The molecule has 10 heavy (non-hydrogen) atoms. The average molecular weight is 157 g/mol. The summed E-state index contributed by atoms with van der Waals surface area (Å²) in [6.45, 7) is 1.49. The van der Waals surface area contributed by atoms with Gasteiger partial charge in [0.15, 0.2) is 0 Å². The van der Waals surface area contributed by atoms with Crippen LogP contribution in [0.5, 0.6) is 0 Å². The van der Waals surface area contributed by atoms with Gasteiger partial charge in [0.05, 0.1) is 0 Å². The predicted octanol–water partition coefficient (Wildman–Crippen LogP) is 0.521. The summed E-state index contributed by atoms with van der Waals surface area (Å²) >= 11 is 1.34. The van der Waals surface area contributed by atoms with E-state index in [9.17, 15) is 4.79 Å². The lowest BCUT2D eigenvalue weighted by Gasteiger charge is -2.07. The molecule has 0 unspecified atom stereocenters. The first-order valence-corrected chi connectivity index (χ1v) is 3.60. The smallest absolute Gasteiger partial charge is 0.225 e. The van der Waals surface area contributed by atoms with Crippen molar-refractivity contribution in [3.63, 3.8) is 0 Å². The fraction of sp³-hybridized carbons (Fsp3) is 0.400.